The highest BCUT2D eigenvalue weighted by atomic mass is 16.4. The summed E-state index contributed by atoms with van der Waals surface area (Å²) in [4.78, 5) is 34.8. The number of carbonyl (C=O) groups is 3. The number of ketones is 1. The van der Waals surface area contributed by atoms with Crippen LogP contribution >= 0.6 is 0 Å². The van der Waals surface area contributed by atoms with Gasteiger partial charge < -0.3 is 21.3 Å². The number of hydrogen-bond acceptors (Lipinski definition) is 5. The molecular weight excluding hydrogens is 276 g/mol. The fraction of sp³-hybridized carbons (Fsp3) is 0.214. The molecule has 1 aromatic carbocycles. The predicted molar refractivity (Wildman–Crippen MR) is 73.2 cm³/mol. The molecule has 7 heteroatoms. The van der Waals surface area contributed by atoms with E-state index in [2.05, 4.69) is 0 Å². The van der Waals surface area contributed by atoms with E-state index in [1.165, 1.54) is 13.0 Å². The molecule has 0 saturated heterocycles. The molecular formula is C14H14N2O5. The molecule has 5 N–H and O–H groups in total. The number of amides is 1. The second-order valence-corrected chi connectivity index (χ2v) is 4.88. The Morgan fingerprint density at radius 1 is 1.33 bits per heavy atom. The Kier molecular flexibility index (Phi) is 3.52. The number of rotatable bonds is 3. The van der Waals surface area contributed by atoms with E-state index in [-0.39, 0.29) is 5.56 Å². The molecule has 110 valence electrons. The molecule has 7 nitrogen and oxygen atoms in total. The number of aliphatic hydroxyl groups is 1. The number of Topliss-reactive ketones (excluding diaryl/α,β-unsaturated/α-hetero) is 1. The summed E-state index contributed by atoms with van der Waals surface area (Å²) in [5, 5.41) is 20.8. The van der Waals surface area contributed by atoms with Gasteiger partial charge in [-0.15, -0.1) is 0 Å². The minimum absolute atomic E-state index is 0.280. The summed E-state index contributed by atoms with van der Waals surface area (Å²) in [5.74, 6) is -3.49. The Bertz CT molecular complexity index is 676. The second-order valence-electron chi connectivity index (χ2n) is 4.88. The van der Waals surface area contributed by atoms with Crippen molar-refractivity contribution in [3.8, 4) is 0 Å². The monoisotopic (exact) mass is 290 g/mol. The van der Waals surface area contributed by atoms with Crippen molar-refractivity contribution in [1.82, 2.24) is 5.32 Å². The van der Waals surface area contributed by atoms with Gasteiger partial charge >= 0.3 is 5.97 Å². The van der Waals surface area contributed by atoms with Crippen LogP contribution in [0.1, 0.15) is 18.1 Å². The number of nitrogens with two attached hydrogens (primary N) is 1. The number of carboxylic acid groups (broad SMARTS) is 1. The van der Waals surface area contributed by atoms with Gasteiger partial charge in [0.05, 0.1) is 0 Å². The number of carbonyl (C=O) groups excluding carboxylic acids is 2. The zero-order valence-electron chi connectivity index (χ0n) is 11.2. The largest absolute Gasteiger partial charge is 0.506 e. The highest BCUT2D eigenvalue weighted by Gasteiger charge is 2.43. The van der Waals surface area contributed by atoms with Gasteiger partial charge in [0.25, 0.3) is 5.91 Å². The van der Waals surface area contributed by atoms with Crippen molar-refractivity contribution in [2.75, 3.05) is 6.54 Å². The van der Waals surface area contributed by atoms with E-state index in [0.717, 1.165) is 0 Å². The number of nitrogens with one attached hydrogen (secondary N) is 1. The maximum Gasteiger partial charge on any atom is 0.322 e. The van der Waals surface area contributed by atoms with E-state index < -0.39 is 41.1 Å². The zero-order valence-corrected chi connectivity index (χ0v) is 11.2. The van der Waals surface area contributed by atoms with Gasteiger partial charge in [0.15, 0.2) is 5.78 Å². The van der Waals surface area contributed by atoms with Crippen molar-refractivity contribution in [3.63, 3.8) is 0 Å². The topological polar surface area (TPSA) is 130 Å². The van der Waals surface area contributed by atoms with Crippen LogP contribution in [0.3, 0.4) is 0 Å². The Morgan fingerprint density at radius 3 is 2.57 bits per heavy atom. The minimum Gasteiger partial charge on any atom is -0.506 e. The van der Waals surface area contributed by atoms with Crippen molar-refractivity contribution in [2.45, 2.75) is 12.5 Å². The molecule has 0 aromatic heterocycles. The van der Waals surface area contributed by atoms with Crippen molar-refractivity contribution in [2.24, 2.45) is 5.73 Å². The van der Waals surface area contributed by atoms with Gasteiger partial charge in [0, 0.05) is 5.56 Å². The maximum absolute atomic E-state index is 12.4. The quantitative estimate of drug-likeness (QED) is 0.576. The Hall–Kier alpha value is -2.67. The van der Waals surface area contributed by atoms with Crippen LogP contribution in [0.4, 0.5) is 0 Å². The molecule has 1 atom stereocenters. The lowest BCUT2D eigenvalue weighted by Crippen LogP contribution is -2.49. The molecule has 0 radical (unpaired) electrons. The first kappa shape index (κ1) is 14.7. The molecule has 1 aliphatic rings. The third-order valence-electron chi connectivity index (χ3n) is 3.30. The number of fused-ring (bicyclic) bond motifs is 1. The normalized spacial score (nSPS) is 21.0. The molecule has 0 saturated carbocycles. The summed E-state index contributed by atoms with van der Waals surface area (Å²) >= 11 is 0. The van der Waals surface area contributed by atoms with Crippen LogP contribution in [-0.4, -0.2) is 34.4 Å². The molecule has 0 heterocycles. The summed E-state index contributed by atoms with van der Waals surface area (Å²) in [6.45, 7) is 0.775. The van der Waals surface area contributed by atoms with Crippen LogP contribution in [0, 0.1) is 0 Å². The molecule has 0 spiro atoms. The SMILES string of the molecule is C[C@@]1(N)C(=O)C(C(=O)NCC(=O)O)=C(O)c2ccccc21. The Balaban J connectivity index is 2.52. The van der Waals surface area contributed by atoms with Crippen molar-refractivity contribution < 1.29 is 24.6 Å². The lowest BCUT2D eigenvalue weighted by Gasteiger charge is -2.31. The number of aliphatic carboxylic acids is 1. The molecule has 0 aliphatic heterocycles. The molecule has 1 aliphatic carbocycles. The fourth-order valence-corrected chi connectivity index (χ4v) is 2.22. The van der Waals surface area contributed by atoms with E-state index >= 15 is 0 Å². The smallest absolute Gasteiger partial charge is 0.322 e. The summed E-state index contributed by atoms with van der Waals surface area (Å²) in [5.41, 5.74) is 4.67. The first-order valence-electron chi connectivity index (χ1n) is 6.13. The number of aliphatic hydroxyl groups excluding tert-OH is 1. The Morgan fingerprint density at radius 2 is 1.95 bits per heavy atom. The second kappa shape index (κ2) is 5.02. The van der Waals surface area contributed by atoms with Crippen molar-refractivity contribution in [3.05, 3.63) is 41.0 Å². The predicted octanol–water partition coefficient (Wildman–Crippen LogP) is -0.0869. The molecule has 0 fully saturated rings. The van der Waals surface area contributed by atoms with Crippen LogP contribution in [0.25, 0.3) is 5.76 Å². The summed E-state index contributed by atoms with van der Waals surface area (Å²) < 4.78 is 0. The molecule has 0 unspecified atom stereocenters. The van der Waals surface area contributed by atoms with Crippen LogP contribution in [0.2, 0.25) is 0 Å². The third kappa shape index (κ3) is 2.38. The van der Waals surface area contributed by atoms with Crippen LogP contribution in [0.15, 0.2) is 29.8 Å². The van der Waals surface area contributed by atoms with Gasteiger partial charge in [0.1, 0.15) is 23.4 Å². The van der Waals surface area contributed by atoms with Crippen LogP contribution in [-0.2, 0) is 19.9 Å². The van der Waals surface area contributed by atoms with Crippen LogP contribution < -0.4 is 11.1 Å². The summed E-state index contributed by atoms with van der Waals surface area (Å²) in [7, 11) is 0. The first-order valence-corrected chi connectivity index (χ1v) is 6.13. The van der Waals surface area contributed by atoms with E-state index in [4.69, 9.17) is 10.8 Å². The van der Waals surface area contributed by atoms with Gasteiger partial charge in [-0.05, 0) is 12.5 Å². The minimum atomic E-state index is -1.47. The maximum atomic E-state index is 12.4. The van der Waals surface area contributed by atoms with Crippen molar-refractivity contribution >= 4 is 23.4 Å². The zero-order chi connectivity index (χ0) is 15.8. The lowest BCUT2D eigenvalue weighted by molar-refractivity contribution is -0.138. The number of benzene rings is 1. The first-order chi connectivity index (χ1) is 9.76. The third-order valence-corrected chi connectivity index (χ3v) is 3.30. The lowest BCUT2D eigenvalue weighted by atomic mass is 9.76. The Labute approximate surface area is 120 Å². The van der Waals surface area contributed by atoms with Crippen molar-refractivity contribution in [1.29, 1.82) is 0 Å². The number of carboxylic acids is 1. The molecule has 0 bridgehead atoms. The summed E-state index contributed by atoms with van der Waals surface area (Å²) in [6, 6.07) is 6.43. The van der Waals surface area contributed by atoms with E-state index in [0.29, 0.717) is 5.56 Å². The van der Waals surface area contributed by atoms with E-state index in [1.54, 1.807) is 18.2 Å². The molecule has 1 aromatic rings. The van der Waals surface area contributed by atoms with Gasteiger partial charge in [-0.25, -0.2) is 0 Å². The fourth-order valence-electron chi connectivity index (χ4n) is 2.22. The highest BCUT2D eigenvalue weighted by Crippen LogP contribution is 2.36. The van der Waals surface area contributed by atoms with Crippen LogP contribution in [0.5, 0.6) is 0 Å². The average molecular weight is 290 g/mol. The van der Waals surface area contributed by atoms with Gasteiger partial charge in [0.2, 0.25) is 0 Å². The molecule has 2 rings (SSSR count). The van der Waals surface area contributed by atoms with E-state index in [1.807, 2.05) is 5.32 Å². The highest BCUT2D eigenvalue weighted by molar-refractivity contribution is 6.28. The standard InChI is InChI=1S/C14H14N2O5/c1-14(15)8-5-3-2-4-7(8)11(19)10(12(14)20)13(21)16-6-9(17)18/h2-5,19H,6,15H2,1H3,(H,16,21)(H,17,18)/t14-/m0/s1. The average Bonchev–Trinajstić information content (AvgIpc) is 2.43. The number of hydrogen-bond donors (Lipinski definition) is 4. The molecule has 1 amide bonds. The van der Waals surface area contributed by atoms with Gasteiger partial charge in [-0.1, -0.05) is 24.3 Å². The van der Waals surface area contributed by atoms with E-state index in [9.17, 15) is 19.5 Å². The summed E-state index contributed by atoms with van der Waals surface area (Å²) in [6.07, 6.45) is 0. The van der Waals surface area contributed by atoms with Gasteiger partial charge in [-0.2, -0.15) is 0 Å². The van der Waals surface area contributed by atoms with Gasteiger partial charge in [-0.3, -0.25) is 14.4 Å². The molecule has 21 heavy (non-hydrogen) atoms.